The summed E-state index contributed by atoms with van der Waals surface area (Å²) in [5.74, 6) is -1.47. The Morgan fingerprint density at radius 2 is 1.64 bits per heavy atom. The summed E-state index contributed by atoms with van der Waals surface area (Å²) >= 11 is 6.03. The predicted octanol–water partition coefficient (Wildman–Crippen LogP) is 5.76. The summed E-state index contributed by atoms with van der Waals surface area (Å²) in [4.78, 5) is 15.9. The fraction of sp³-hybridized carbons (Fsp3) is 0.148. The number of nitriles is 2. The van der Waals surface area contributed by atoms with Crippen molar-refractivity contribution >= 4 is 29.1 Å². The molecule has 0 spiro atoms. The van der Waals surface area contributed by atoms with Crippen LogP contribution < -0.4 is 4.90 Å². The zero-order valence-electron chi connectivity index (χ0n) is 17.3. The van der Waals surface area contributed by atoms with Crippen LogP contribution in [-0.2, 0) is 0 Å². The number of rotatable bonds is 3. The Hall–Kier alpha value is -3.93. The number of Topliss-reactive ketones (excluding diaryl/α,β-unsaturated/α-hetero) is 1. The molecule has 0 amide bonds. The molecule has 6 heteroatoms. The molecule has 0 aliphatic carbocycles. The van der Waals surface area contributed by atoms with Gasteiger partial charge >= 0.3 is 0 Å². The van der Waals surface area contributed by atoms with E-state index in [1.165, 1.54) is 12.1 Å². The van der Waals surface area contributed by atoms with Gasteiger partial charge in [0.25, 0.3) is 0 Å². The first-order chi connectivity index (χ1) is 16.0. The lowest BCUT2D eigenvalue weighted by molar-refractivity contribution is 0.0951. The Morgan fingerprint density at radius 3 is 2.30 bits per heavy atom. The molecule has 1 fully saturated rings. The lowest BCUT2D eigenvalue weighted by Gasteiger charge is -2.35. The summed E-state index contributed by atoms with van der Waals surface area (Å²) in [7, 11) is 0. The normalized spacial score (nSPS) is 22.1. The van der Waals surface area contributed by atoms with Crippen molar-refractivity contribution in [1.29, 1.82) is 10.5 Å². The van der Waals surface area contributed by atoms with Gasteiger partial charge in [-0.2, -0.15) is 10.5 Å². The van der Waals surface area contributed by atoms with Crippen molar-refractivity contribution < 1.29 is 9.18 Å². The molecule has 3 aromatic rings. The summed E-state index contributed by atoms with van der Waals surface area (Å²) in [6, 6.07) is 22.8. The predicted molar refractivity (Wildman–Crippen MR) is 124 cm³/mol. The van der Waals surface area contributed by atoms with Gasteiger partial charge in [0.15, 0.2) is 11.2 Å². The molecule has 4 nitrogen and oxygen atoms in total. The van der Waals surface area contributed by atoms with Crippen LogP contribution in [0.3, 0.4) is 0 Å². The number of hydrogen-bond donors (Lipinski definition) is 0. The van der Waals surface area contributed by atoms with Crippen LogP contribution in [-0.4, -0.2) is 17.9 Å². The minimum atomic E-state index is -1.56. The molecule has 0 N–H and O–H groups in total. The van der Waals surface area contributed by atoms with Crippen LogP contribution in [0.5, 0.6) is 0 Å². The number of hydrogen-bond acceptors (Lipinski definition) is 4. The van der Waals surface area contributed by atoms with Crippen molar-refractivity contribution in [3.63, 3.8) is 0 Å². The highest BCUT2D eigenvalue weighted by molar-refractivity contribution is 6.30. The number of ketones is 1. The highest BCUT2D eigenvalue weighted by Gasteiger charge is 2.63. The lowest BCUT2D eigenvalue weighted by atomic mass is 9.69. The average Bonchev–Trinajstić information content (AvgIpc) is 3.15. The Labute approximate surface area is 195 Å². The van der Waals surface area contributed by atoms with E-state index in [1.54, 1.807) is 36.4 Å². The monoisotopic (exact) mass is 453 g/mol. The lowest BCUT2D eigenvalue weighted by Crippen LogP contribution is -2.44. The van der Waals surface area contributed by atoms with Gasteiger partial charge in [-0.15, -0.1) is 0 Å². The molecule has 3 atom stereocenters. The molecule has 0 bridgehead atoms. The molecule has 2 heterocycles. The second-order valence-electron chi connectivity index (χ2n) is 8.21. The minimum absolute atomic E-state index is 0.233. The van der Waals surface area contributed by atoms with Crippen LogP contribution in [0.2, 0.25) is 5.02 Å². The zero-order chi connectivity index (χ0) is 23.2. The molecule has 0 radical (unpaired) electrons. The van der Waals surface area contributed by atoms with Crippen LogP contribution in [0.25, 0.3) is 6.08 Å². The Bertz CT molecular complexity index is 1340. The van der Waals surface area contributed by atoms with Gasteiger partial charge in [-0.3, -0.25) is 4.79 Å². The molecule has 33 heavy (non-hydrogen) atoms. The molecule has 2 aliphatic heterocycles. The summed E-state index contributed by atoms with van der Waals surface area (Å²) in [5.41, 5.74) is 1.10. The third-order valence-corrected chi connectivity index (χ3v) is 6.79. The van der Waals surface area contributed by atoms with E-state index < -0.39 is 29.2 Å². The molecule has 0 unspecified atom stereocenters. The van der Waals surface area contributed by atoms with Gasteiger partial charge in [-0.05, 0) is 53.6 Å². The zero-order valence-corrected chi connectivity index (χ0v) is 18.1. The largest absolute Gasteiger partial charge is 0.351 e. The highest BCUT2D eigenvalue weighted by Crippen LogP contribution is 2.55. The molecule has 2 aliphatic rings. The molecular weight excluding hydrogens is 437 g/mol. The highest BCUT2D eigenvalue weighted by atomic mass is 35.5. The Balaban J connectivity index is 1.78. The molecule has 5 rings (SSSR count). The van der Waals surface area contributed by atoms with Crippen LogP contribution in [0.15, 0.2) is 78.9 Å². The smallest absolute Gasteiger partial charge is 0.185 e. The van der Waals surface area contributed by atoms with E-state index in [9.17, 15) is 19.7 Å². The van der Waals surface area contributed by atoms with E-state index in [-0.39, 0.29) is 5.78 Å². The second-order valence-corrected chi connectivity index (χ2v) is 8.64. The van der Waals surface area contributed by atoms with Crippen molar-refractivity contribution in [2.75, 3.05) is 4.90 Å². The Morgan fingerprint density at radius 1 is 0.970 bits per heavy atom. The molecule has 0 saturated carbocycles. The first-order valence-corrected chi connectivity index (χ1v) is 10.8. The van der Waals surface area contributed by atoms with E-state index in [1.807, 2.05) is 41.3 Å². The maximum Gasteiger partial charge on any atom is 0.185 e. The van der Waals surface area contributed by atoms with Crippen LogP contribution in [0.1, 0.15) is 27.4 Å². The number of carbonyl (C=O) groups is 1. The summed E-state index contributed by atoms with van der Waals surface area (Å²) in [6.07, 6.45) is 3.71. The van der Waals surface area contributed by atoms with E-state index in [2.05, 4.69) is 12.1 Å². The summed E-state index contributed by atoms with van der Waals surface area (Å²) in [5, 5.41) is 21.2. The molecular formula is C27H17ClFN3O. The average molecular weight is 454 g/mol. The van der Waals surface area contributed by atoms with E-state index in [4.69, 9.17) is 11.6 Å². The van der Waals surface area contributed by atoms with Gasteiger partial charge < -0.3 is 4.90 Å². The fourth-order valence-electron chi connectivity index (χ4n) is 5.06. The quantitative estimate of drug-likeness (QED) is 0.472. The van der Waals surface area contributed by atoms with Crippen molar-refractivity contribution in [2.45, 2.75) is 18.0 Å². The number of carbonyl (C=O) groups excluding carboxylic acids is 1. The Kier molecular flexibility index (Phi) is 5.01. The third kappa shape index (κ3) is 3.13. The SMILES string of the molecule is N#CC1(C#N)[C@@H](c2ccc(F)cc2)[C@H](C(=O)c2ccc(Cl)cc2)N2c3ccccc3C=C[C@@H]21. The van der Waals surface area contributed by atoms with Crippen molar-refractivity contribution in [2.24, 2.45) is 5.41 Å². The summed E-state index contributed by atoms with van der Waals surface area (Å²) < 4.78 is 13.8. The number of anilines is 1. The van der Waals surface area contributed by atoms with Gasteiger partial charge in [0.2, 0.25) is 0 Å². The molecule has 3 aromatic carbocycles. The van der Waals surface area contributed by atoms with Gasteiger partial charge in [0.1, 0.15) is 11.9 Å². The number of para-hydroxylation sites is 1. The van der Waals surface area contributed by atoms with Crippen molar-refractivity contribution in [3.8, 4) is 12.1 Å². The maximum atomic E-state index is 14.0. The number of halogens is 2. The second kappa shape index (κ2) is 7.89. The third-order valence-electron chi connectivity index (χ3n) is 6.54. The molecule has 1 saturated heterocycles. The van der Waals surface area contributed by atoms with Gasteiger partial charge in [0.05, 0.1) is 18.2 Å². The minimum Gasteiger partial charge on any atom is -0.351 e. The van der Waals surface area contributed by atoms with Gasteiger partial charge in [0, 0.05) is 22.2 Å². The summed E-state index contributed by atoms with van der Waals surface area (Å²) in [6.45, 7) is 0. The van der Waals surface area contributed by atoms with E-state index in [0.717, 1.165) is 11.3 Å². The first-order valence-electron chi connectivity index (χ1n) is 10.4. The number of nitrogens with zero attached hydrogens (tertiary/aromatic N) is 3. The standard InChI is InChI=1S/C27H17ClFN3O/c28-20-10-5-19(6-11-20)26(33)25-24(18-7-12-21(29)13-8-18)27(15-30,16-31)23-14-9-17-3-1-2-4-22(17)32(23)25/h1-14,23-25H/t23-,24+,25-/m1/s1. The number of fused-ring (bicyclic) bond motifs is 3. The molecule has 0 aromatic heterocycles. The van der Waals surface area contributed by atoms with Crippen molar-refractivity contribution in [1.82, 2.24) is 0 Å². The van der Waals surface area contributed by atoms with Gasteiger partial charge in [-0.25, -0.2) is 4.39 Å². The topological polar surface area (TPSA) is 67.9 Å². The van der Waals surface area contributed by atoms with Crippen LogP contribution in [0, 0.1) is 33.9 Å². The van der Waals surface area contributed by atoms with Gasteiger partial charge in [-0.1, -0.05) is 54.1 Å². The number of benzene rings is 3. The maximum absolute atomic E-state index is 14.0. The fourth-order valence-corrected chi connectivity index (χ4v) is 5.19. The molecule has 160 valence electrons. The van der Waals surface area contributed by atoms with Crippen LogP contribution >= 0.6 is 11.6 Å². The van der Waals surface area contributed by atoms with E-state index >= 15 is 0 Å². The first kappa shape index (κ1) is 20.9. The van der Waals surface area contributed by atoms with Crippen LogP contribution in [0.4, 0.5) is 10.1 Å². The van der Waals surface area contributed by atoms with E-state index in [0.29, 0.717) is 16.1 Å². The van der Waals surface area contributed by atoms with Crippen molar-refractivity contribution in [3.05, 3.63) is 106 Å².